The van der Waals surface area contributed by atoms with Gasteiger partial charge >= 0.3 is 0 Å². The maximum absolute atomic E-state index is 12.1. The third kappa shape index (κ3) is 5.34. The summed E-state index contributed by atoms with van der Waals surface area (Å²) < 4.78 is 0. The summed E-state index contributed by atoms with van der Waals surface area (Å²) in [6, 6.07) is 16.9. The number of amides is 2. The Balaban J connectivity index is 1.49. The van der Waals surface area contributed by atoms with Crippen molar-refractivity contribution in [1.82, 2.24) is 5.32 Å². The number of carbonyl (C=O) groups excluding carboxylic acids is 2. The summed E-state index contributed by atoms with van der Waals surface area (Å²) >= 11 is 7.20. The maximum Gasteiger partial charge on any atom is 0.240 e. The van der Waals surface area contributed by atoms with E-state index in [1.807, 2.05) is 30.3 Å². The molecule has 0 radical (unpaired) electrons. The van der Waals surface area contributed by atoms with Crippen LogP contribution >= 0.6 is 23.4 Å². The third-order valence-corrected chi connectivity index (χ3v) is 5.11. The molecule has 1 heterocycles. The van der Waals surface area contributed by atoms with E-state index in [2.05, 4.69) is 15.6 Å². The quantitative estimate of drug-likeness (QED) is 0.796. The zero-order valence-corrected chi connectivity index (χ0v) is 15.5. The first kappa shape index (κ1) is 18.5. The molecule has 1 atom stereocenters. The fourth-order valence-corrected chi connectivity index (χ4v) is 3.68. The zero-order chi connectivity index (χ0) is 18.4. The van der Waals surface area contributed by atoms with Gasteiger partial charge in [0.05, 0.1) is 0 Å². The number of hydrogen-bond acceptors (Lipinski definition) is 4. The average Bonchev–Trinajstić information content (AvgIpc) is 2.95. The van der Waals surface area contributed by atoms with Crippen LogP contribution in [0, 0.1) is 0 Å². The van der Waals surface area contributed by atoms with Crippen molar-refractivity contribution in [3.8, 4) is 0 Å². The number of nitrogens with one attached hydrogen (secondary N) is 2. The molecule has 0 aliphatic carbocycles. The van der Waals surface area contributed by atoms with Gasteiger partial charge in [0.1, 0.15) is 5.25 Å². The molecular formula is C19H18ClN3O2S. The highest BCUT2D eigenvalue weighted by Gasteiger charge is 2.31. The highest BCUT2D eigenvalue weighted by atomic mass is 35.5. The first-order valence-electron chi connectivity index (χ1n) is 8.21. The molecule has 1 fully saturated rings. The van der Waals surface area contributed by atoms with Crippen molar-refractivity contribution in [1.29, 1.82) is 0 Å². The lowest BCUT2D eigenvalue weighted by Crippen LogP contribution is -2.28. The Morgan fingerprint density at radius 1 is 1.19 bits per heavy atom. The van der Waals surface area contributed by atoms with Crippen LogP contribution in [0.25, 0.3) is 0 Å². The minimum Gasteiger partial charge on any atom is -0.326 e. The van der Waals surface area contributed by atoms with E-state index in [1.165, 1.54) is 17.3 Å². The maximum atomic E-state index is 12.1. The lowest BCUT2D eigenvalue weighted by atomic mass is 10.2. The number of amidine groups is 1. The Morgan fingerprint density at radius 2 is 2.00 bits per heavy atom. The highest BCUT2D eigenvalue weighted by Crippen LogP contribution is 2.23. The van der Waals surface area contributed by atoms with Gasteiger partial charge in [0.15, 0.2) is 5.17 Å². The number of benzene rings is 2. The molecule has 7 heteroatoms. The molecule has 5 nitrogen and oxygen atoms in total. The molecule has 0 saturated carbocycles. The van der Waals surface area contributed by atoms with Gasteiger partial charge in [-0.3, -0.25) is 14.6 Å². The summed E-state index contributed by atoms with van der Waals surface area (Å²) in [6.07, 6.45) is 0.890. The molecule has 2 N–H and O–H groups in total. The van der Waals surface area contributed by atoms with Crippen LogP contribution in [0.5, 0.6) is 0 Å². The Hall–Kier alpha value is -2.31. The largest absolute Gasteiger partial charge is 0.326 e. The van der Waals surface area contributed by atoms with Crippen molar-refractivity contribution in [2.45, 2.75) is 18.1 Å². The topological polar surface area (TPSA) is 70.6 Å². The van der Waals surface area contributed by atoms with Crippen LogP contribution < -0.4 is 10.6 Å². The fraction of sp³-hybridized carbons (Fsp3) is 0.211. The number of nitrogens with zero attached hydrogens (tertiary/aromatic N) is 1. The van der Waals surface area contributed by atoms with Crippen molar-refractivity contribution in [3.63, 3.8) is 0 Å². The van der Waals surface area contributed by atoms with Crippen molar-refractivity contribution >= 4 is 46.0 Å². The lowest BCUT2D eigenvalue weighted by Gasteiger charge is -2.07. The number of halogens is 1. The molecule has 0 aromatic heterocycles. The van der Waals surface area contributed by atoms with E-state index in [-0.39, 0.29) is 18.2 Å². The first-order valence-corrected chi connectivity index (χ1v) is 9.47. The van der Waals surface area contributed by atoms with Gasteiger partial charge in [-0.15, -0.1) is 0 Å². The van der Waals surface area contributed by atoms with Crippen molar-refractivity contribution in [2.24, 2.45) is 4.99 Å². The second kappa shape index (κ2) is 8.87. The molecule has 26 heavy (non-hydrogen) atoms. The molecular weight excluding hydrogens is 370 g/mol. The SMILES string of the molecule is O=C(C[C@H]1SC(=NCCc2ccccc2)NC1=O)Nc1cccc(Cl)c1. The van der Waals surface area contributed by atoms with Crippen LogP contribution in [-0.4, -0.2) is 28.8 Å². The van der Waals surface area contributed by atoms with E-state index >= 15 is 0 Å². The smallest absolute Gasteiger partial charge is 0.240 e. The standard InChI is InChI=1S/C19H18ClN3O2S/c20-14-7-4-8-15(11-14)22-17(24)12-16-18(25)23-19(26-16)21-10-9-13-5-2-1-3-6-13/h1-8,11,16H,9-10,12H2,(H,22,24)(H,21,23,25)/t16-/m1/s1. The van der Waals surface area contributed by atoms with Crippen LogP contribution in [0.1, 0.15) is 12.0 Å². The Labute approximate surface area is 161 Å². The van der Waals surface area contributed by atoms with Crippen LogP contribution in [0.15, 0.2) is 59.6 Å². The van der Waals surface area contributed by atoms with E-state index in [1.54, 1.807) is 24.3 Å². The van der Waals surface area contributed by atoms with Crippen LogP contribution in [0.3, 0.4) is 0 Å². The van der Waals surface area contributed by atoms with Gasteiger partial charge in [0, 0.05) is 23.7 Å². The number of aliphatic imine (C=N–C) groups is 1. The number of hydrogen-bond donors (Lipinski definition) is 2. The van der Waals surface area contributed by atoms with Gasteiger partial charge in [-0.05, 0) is 30.2 Å². The van der Waals surface area contributed by atoms with Crippen molar-refractivity contribution in [2.75, 3.05) is 11.9 Å². The Morgan fingerprint density at radius 3 is 2.77 bits per heavy atom. The number of rotatable bonds is 6. The summed E-state index contributed by atoms with van der Waals surface area (Å²) in [6.45, 7) is 0.591. The van der Waals surface area contributed by atoms with E-state index in [0.717, 1.165) is 6.42 Å². The number of anilines is 1. The van der Waals surface area contributed by atoms with Crippen LogP contribution in [0.2, 0.25) is 5.02 Å². The van der Waals surface area contributed by atoms with Crippen molar-refractivity contribution in [3.05, 3.63) is 65.2 Å². The molecule has 0 spiro atoms. The molecule has 0 bridgehead atoms. The third-order valence-electron chi connectivity index (χ3n) is 3.75. The summed E-state index contributed by atoms with van der Waals surface area (Å²) in [5.41, 5.74) is 1.81. The highest BCUT2D eigenvalue weighted by molar-refractivity contribution is 8.15. The summed E-state index contributed by atoms with van der Waals surface area (Å²) in [5, 5.41) is 6.15. The van der Waals surface area contributed by atoms with Gasteiger partial charge in [-0.1, -0.05) is 59.8 Å². The zero-order valence-electron chi connectivity index (χ0n) is 13.9. The van der Waals surface area contributed by atoms with Crippen LogP contribution in [0.4, 0.5) is 5.69 Å². The van der Waals surface area contributed by atoms with Gasteiger partial charge in [0.25, 0.3) is 0 Å². The lowest BCUT2D eigenvalue weighted by molar-refractivity contribution is -0.122. The monoisotopic (exact) mass is 387 g/mol. The molecule has 0 unspecified atom stereocenters. The van der Waals surface area contributed by atoms with E-state index in [0.29, 0.717) is 22.4 Å². The molecule has 2 aromatic rings. The second-order valence-corrected chi connectivity index (χ2v) is 7.41. The summed E-state index contributed by atoms with van der Waals surface area (Å²) in [7, 11) is 0. The van der Waals surface area contributed by atoms with Gasteiger partial charge in [-0.25, -0.2) is 0 Å². The van der Waals surface area contributed by atoms with Gasteiger partial charge in [0.2, 0.25) is 11.8 Å². The molecule has 1 aliphatic heterocycles. The number of thioether (sulfide) groups is 1. The predicted octanol–water partition coefficient (Wildman–Crippen LogP) is 3.50. The Bertz CT molecular complexity index is 827. The summed E-state index contributed by atoms with van der Waals surface area (Å²) in [4.78, 5) is 28.6. The first-order chi connectivity index (χ1) is 12.6. The van der Waals surface area contributed by atoms with E-state index in [4.69, 9.17) is 11.6 Å². The fourth-order valence-electron chi connectivity index (χ4n) is 2.49. The molecule has 2 aromatic carbocycles. The van der Waals surface area contributed by atoms with Crippen molar-refractivity contribution < 1.29 is 9.59 Å². The number of carbonyl (C=O) groups is 2. The minimum atomic E-state index is -0.468. The molecule has 134 valence electrons. The molecule has 1 saturated heterocycles. The Kier molecular flexibility index (Phi) is 6.30. The molecule has 2 amide bonds. The second-order valence-electron chi connectivity index (χ2n) is 5.78. The average molecular weight is 388 g/mol. The van der Waals surface area contributed by atoms with E-state index < -0.39 is 5.25 Å². The van der Waals surface area contributed by atoms with Crippen LogP contribution in [-0.2, 0) is 16.0 Å². The molecule has 1 aliphatic rings. The minimum absolute atomic E-state index is 0.0840. The van der Waals surface area contributed by atoms with Gasteiger partial charge in [-0.2, -0.15) is 0 Å². The summed E-state index contributed by atoms with van der Waals surface area (Å²) in [5.74, 6) is -0.417. The molecule has 3 rings (SSSR count). The van der Waals surface area contributed by atoms with Gasteiger partial charge < -0.3 is 10.6 Å². The normalized spacial score (nSPS) is 18.0. The predicted molar refractivity (Wildman–Crippen MR) is 107 cm³/mol. The van der Waals surface area contributed by atoms with E-state index in [9.17, 15) is 9.59 Å².